The molecule has 5 heteroatoms. The monoisotopic (exact) mass is 330 g/mol. The predicted octanol–water partition coefficient (Wildman–Crippen LogP) is 3.44. The molecule has 1 aromatic heterocycles. The van der Waals surface area contributed by atoms with Gasteiger partial charge in [-0.1, -0.05) is 25.0 Å². The van der Waals surface area contributed by atoms with E-state index >= 15 is 0 Å². The fourth-order valence-corrected chi connectivity index (χ4v) is 3.26. The molecule has 2 aromatic rings. The number of carbonyl (C=O) groups excluding carboxylic acids is 1. The molecule has 0 saturated carbocycles. The van der Waals surface area contributed by atoms with Crippen LogP contribution in [0.2, 0.25) is 0 Å². The Morgan fingerprint density at radius 1 is 1.25 bits per heavy atom. The molecule has 0 radical (unpaired) electrons. The van der Waals surface area contributed by atoms with E-state index < -0.39 is 0 Å². The van der Waals surface area contributed by atoms with Crippen molar-refractivity contribution < 1.29 is 13.9 Å². The predicted molar refractivity (Wildman–Crippen MR) is 94.6 cm³/mol. The van der Waals surface area contributed by atoms with Crippen LogP contribution in [-0.4, -0.2) is 44.1 Å². The van der Waals surface area contributed by atoms with E-state index in [1.165, 1.54) is 38.8 Å². The van der Waals surface area contributed by atoms with Crippen molar-refractivity contribution >= 4 is 16.9 Å². The average Bonchev–Trinajstić information content (AvgIpc) is 2.88. The van der Waals surface area contributed by atoms with Crippen LogP contribution in [0.5, 0.6) is 5.75 Å². The van der Waals surface area contributed by atoms with Gasteiger partial charge in [-0.15, -0.1) is 0 Å². The summed E-state index contributed by atoms with van der Waals surface area (Å²) in [6, 6.07) is 7.40. The molecule has 1 saturated heterocycles. The Hall–Kier alpha value is -2.01. The first kappa shape index (κ1) is 16.8. The van der Waals surface area contributed by atoms with Gasteiger partial charge in [-0.25, -0.2) is 0 Å². The van der Waals surface area contributed by atoms with E-state index in [2.05, 4.69) is 10.2 Å². The van der Waals surface area contributed by atoms with Crippen LogP contribution in [0.3, 0.4) is 0 Å². The number of fused-ring (bicyclic) bond motifs is 1. The number of nitrogens with one attached hydrogen (secondary N) is 1. The molecule has 0 aliphatic carbocycles. The molecule has 1 aliphatic heterocycles. The molecule has 0 bridgehead atoms. The number of ether oxygens (including phenoxy) is 1. The third-order valence-corrected chi connectivity index (χ3v) is 4.59. The number of rotatable bonds is 6. The van der Waals surface area contributed by atoms with Crippen molar-refractivity contribution in [1.29, 1.82) is 0 Å². The number of hydrogen-bond donors (Lipinski definition) is 1. The number of para-hydroxylation sites is 1. The van der Waals surface area contributed by atoms with E-state index in [-0.39, 0.29) is 5.91 Å². The summed E-state index contributed by atoms with van der Waals surface area (Å²) in [6.45, 7) is 4.10. The van der Waals surface area contributed by atoms with Crippen molar-refractivity contribution in [2.75, 3.05) is 33.3 Å². The zero-order chi connectivity index (χ0) is 16.8. The lowest BCUT2D eigenvalue weighted by atomic mass is 10.2. The number of furan rings is 1. The summed E-state index contributed by atoms with van der Waals surface area (Å²) in [4.78, 5) is 14.8. The van der Waals surface area contributed by atoms with Crippen LogP contribution in [0.25, 0.3) is 11.0 Å². The van der Waals surface area contributed by atoms with Crippen LogP contribution in [0.4, 0.5) is 0 Å². The van der Waals surface area contributed by atoms with E-state index in [1.54, 1.807) is 13.2 Å². The number of likely N-dealkylation sites (tertiary alicyclic amines) is 1. The Labute approximate surface area is 143 Å². The first-order valence-electron chi connectivity index (χ1n) is 8.85. The second kappa shape index (κ2) is 8.20. The summed E-state index contributed by atoms with van der Waals surface area (Å²) in [5.74, 6) is 0.820. The summed E-state index contributed by atoms with van der Waals surface area (Å²) in [5, 5.41) is 3.83. The fraction of sp³-hybridized carbons (Fsp3) is 0.526. The highest BCUT2D eigenvalue weighted by Gasteiger charge is 2.14. The molecule has 1 aliphatic rings. The summed E-state index contributed by atoms with van der Waals surface area (Å²) < 4.78 is 10.9. The van der Waals surface area contributed by atoms with Gasteiger partial charge < -0.3 is 19.4 Å². The maximum atomic E-state index is 12.3. The van der Waals surface area contributed by atoms with Crippen LogP contribution in [0.15, 0.2) is 28.7 Å². The quantitative estimate of drug-likeness (QED) is 0.825. The minimum Gasteiger partial charge on any atom is -0.493 e. The molecule has 2 heterocycles. The van der Waals surface area contributed by atoms with Crippen molar-refractivity contribution in [3.63, 3.8) is 0 Å². The van der Waals surface area contributed by atoms with Gasteiger partial charge in [0.2, 0.25) is 0 Å². The second-order valence-electron chi connectivity index (χ2n) is 6.35. The molecule has 1 aromatic carbocycles. The van der Waals surface area contributed by atoms with Gasteiger partial charge in [-0.05, 0) is 51.0 Å². The van der Waals surface area contributed by atoms with Crippen molar-refractivity contribution in [1.82, 2.24) is 10.2 Å². The molecule has 1 N–H and O–H groups in total. The van der Waals surface area contributed by atoms with Crippen LogP contribution in [-0.2, 0) is 0 Å². The van der Waals surface area contributed by atoms with Crippen molar-refractivity contribution in [2.45, 2.75) is 32.1 Å². The third-order valence-electron chi connectivity index (χ3n) is 4.59. The lowest BCUT2D eigenvalue weighted by Crippen LogP contribution is -2.30. The molecule has 0 spiro atoms. The SMILES string of the molecule is COc1cccc2cc(C(=O)NCCCN3CCCCCC3)oc12. The van der Waals surface area contributed by atoms with E-state index in [0.717, 1.165) is 18.4 Å². The molecular weight excluding hydrogens is 304 g/mol. The van der Waals surface area contributed by atoms with Gasteiger partial charge in [0.15, 0.2) is 17.1 Å². The highest BCUT2D eigenvalue weighted by molar-refractivity contribution is 5.97. The van der Waals surface area contributed by atoms with Gasteiger partial charge in [0.25, 0.3) is 5.91 Å². The number of benzene rings is 1. The topological polar surface area (TPSA) is 54.7 Å². The minimum absolute atomic E-state index is 0.163. The zero-order valence-electron chi connectivity index (χ0n) is 14.3. The highest BCUT2D eigenvalue weighted by atomic mass is 16.5. The fourth-order valence-electron chi connectivity index (χ4n) is 3.26. The molecule has 24 heavy (non-hydrogen) atoms. The Kier molecular flexibility index (Phi) is 5.75. The lowest BCUT2D eigenvalue weighted by Gasteiger charge is -2.19. The van der Waals surface area contributed by atoms with Crippen molar-refractivity contribution in [3.05, 3.63) is 30.0 Å². The first-order chi connectivity index (χ1) is 11.8. The number of amides is 1. The first-order valence-corrected chi connectivity index (χ1v) is 8.85. The summed E-state index contributed by atoms with van der Waals surface area (Å²) in [5.41, 5.74) is 0.620. The molecule has 0 atom stereocenters. The maximum Gasteiger partial charge on any atom is 0.287 e. The summed E-state index contributed by atoms with van der Waals surface area (Å²) in [7, 11) is 1.60. The molecule has 0 unspecified atom stereocenters. The van der Waals surface area contributed by atoms with E-state index in [1.807, 2.05) is 18.2 Å². The Morgan fingerprint density at radius 2 is 2.04 bits per heavy atom. The Morgan fingerprint density at radius 3 is 2.79 bits per heavy atom. The molecule has 5 nitrogen and oxygen atoms in total. The van der Waals surface area contributed by atoms with Gasteiger partial charge in [0.1, 0.15) is 0 Å². The third kappa shape index (κ3) is 4.09. The lowest BCUT2D eigenvalue weighted by molar-refractivity contribution is 0.0926. The average molecular weight is 330 g/mol. The molecule has 1 fully saturated rings. The van der Waals surface area contributed by atoms with Gasteiger partial charge in [-0.3, -0.25) is 4.79 Å². The largest absolute Gasteiger partial charge is 0.493 e. The van der Waals surface area contributed by atoms with Crippen molar-refractivity contribution in [2.24, 2.45) is 0 Å². The summed E-state index contributed by atoms with van der Waals surface area (Å²) >= 11 is 0. The van der Waals surface area contributed by atoms with Crippen LogP contribution >= 0.6 is 0 Å². The van der Waals surface area contributed by atoms with E-state index in [9.17, 15) is 4.79 Å². The second-order valence-corrected chi connectivity index (χ2v) is 6.35. The van der Waals surface area contributed by atoms with Crippen LogP contribution < -0.4 is 10.1 Å². The van der Waals surface area contributed by atoms with Gasteiger partial charge in [0.05, 0.1) is 7.11 Å². The number of nitrogens with zero attached hydrogens (tertiary/aromatic N) is 1. The van der Waals surface area contributed by atoms with Gasteiger partial charge in [0, 0.05) is 11.9 Å². The molecule has 130 valence electrons. The standard InChI is InChI=1S/C19H26N2O3/c1-23-16-9-6-8-15-14-17(24-18(15)16)19(22)20-10-7-13-21-11-4-2-3-5-12-21/h6,8-9,14H,2-5,7,10-13H2,1H3,(H,20,22). The number of hydrogen-bond acceptors (Lipinski definition) is 4. The zero-order valence-corrected chi connectivity index (χ0v) is 14.3. The Balaban J connectivity index is 1.50. The van der Waals surface area contributed by atoms with E-state index in [4.69, 9.17) is 9.15 Å². The van der Waals surface area contributed by atoms with Crippen LogP contribution in [0.1, 0.15) is 42.7 Å². The van der Waals surface area contributed by atoms with Gasteiger partial charge >= 0.3 is 0 Å². The molecular formula is C19H26N2O3. The van der Waals surface area contributed by atoms with Crippen molar-refractivity contribution in [3.8, 4) is 5.75 Å². The number of methoxy groups -OCH3 is 1. The smallest absolute Gasteiger partial charge is 0.287 e. The minimum atomic E-state index is -0.163. The Bertz CT molecular complexity index is 672. The van der Waals surface area contributed by atoms with E-state index in [0.29, 0.717) is 23.6 Å². The van der Waals surface area contributed by atoms with Crippen LogP contribution in [0, 0.1) is 0 Å². The summed E-state index contributed by atoms with van der Waals surface area (Å²) in [6.07, 6.45) is 6.27. The normalized spacial score (nSPS) is 16.0. The number of carbonyl (C=O) groups is 1. The maximum absolute atomic E-state index is 12.3. The van der Waals surface area contributed by atoms with Gasteiger partial charge in [-0.2, -0.15) is 0 Å². The molecule has 1 amide bonds. The highest BCUT2D eigenvalue weighted by Crippen LogP contribution is 2.28. The molecule has 3 rings (SSSR count).